The first kappa shape index (κ1) is 21.0. The van der Waals surface area contributed by atoms with Crippen molar-refractivity contribution in [3.8, 4) is 0 Å². The first-order valence-electron chi connectivity index (χ1n) is 8.72. The Morgan fingerprint density at radius 2 is 1.52 bits per heavy atom. The van der Waals surface area contributed by atoms with Gasteiger partial charge in [-0.3, -0.25) is 9.59 Å². The van der Waals surface area contributed by atoms with Crippen LogP contribution in [-0.2, 0) is 9.59 Å². The lowest BCUT2D eigenvalue weighted by atomic mass is 10.1. The summed E-state index contributed by atoms with van der Waals surface area (Å²) in [5, 5.41) is 5.39. The molecular formula is C19H32N4O2. The van der Waals surface area contributed by atoms with Crippen LogP contribution < -0.4 is 15.5 Å². The van der Waals surface area contributed by atoms with Crippen molar-refractivity contribution >= 4 is 17.5 Å². The molecule has 0 aliphatic heterocycles. The van der Waals surface area contributed by atoms with Crippen LogP contribution in [0.15, 0.2) is 24.3 Å². The van der Waals surface area contributed by atoms with Gasteiger partial charge in [-0.15, -0.1) is 0 Å². The summed E-state index contributed by atoms with van der Waals surface area (Å²) in [7, 11) is 7.91. The van der Waals surface area contributed by atoms with E-state index in [-0.39, 0.29) is 6.04 Å². The first-order valence-corrected chi connectivity index (χ1v) is 8.72. The molecule has 2 N–H and O–H groups in total. The Labute approximate surface area is 151 Å². The summed E-state index contributed by atoms with van der Waals surface area (Å²) in [6.45, 7) is 5.06. The summed E-state index contributed by atoms with van der Waals surface area (Å²) in [6, 6.07) is 8.20. The molecule has 0 heterocycles. The summed E-state index contributed by atoms with van der Waals surface area (Å²) >= 11 is 0. The molecule has 1 unspecified atom stereocenters. The van der Waals surface area contributed by atoms with Crippen LogP contribution in [0.3, 0.4) is 0 Å². The second kappa shape index (κ2) is 10.0. The van der Waals surface area contributed by atoms with Crippen LogP contribution in [0.1, 0.15) is 31.9 Å². The van der Waals surface area contributed by atoms with Gasteiger partial charge in [0.25, 0.3) is 0 Å². The van der Waals surface area contributed by atoms with Crippen LogP contribution in [0.2, 0.25) is 0 Å². The van der Waals surface area contributed by atoms with Crippen LogP contribution in [0.25, 0.3) is 0 Å². The summed E-state index contributed by atoms with van der Waals surface area (Å²) in [4.78, 5) is 27.9. The average molecular weight is 348 g/mol. The van der Waals surface area contributed by atoms with Crippen LogP contribution in [0.5, 0.6) is 0 Å². The summed E-state index contributed by atoms with van der Waals surface area (Å²) < 4.78 is 0. The monoisotopic (exact) mass is 348 g/mol. The first-order chi connectivity index (χ1) is 11.7. The molecule has 6 nitrogen and oxygen atoms in total. The Hall–Kier alpha value is -2.08. The predicted octanol–water partition coefficient (Wildman–Crippen LogP) is 1.63. The number of amides is 2. The number of carbonyl (C=O) groups excluding carboxylic acids is 2. The van der Waals surface area contributed by atoms with Crippen molar-refractivity contribution < 1.29 is 9.59 Å². The number of hydrogen-bond acceptors (Lipinski definition) is 4. The van der Waals surface area contributed by atoms with E-state index < -0.39 is 11.8 Å². The number of carbonyl (C=O) groups is 2. The van der Waals surface area contributed by atoms with Crippen molar-refractivity contribution in [2.24, 2.45) is 5.92 Å². The molecule has 0 aliphatic carbocycles. The zero-order valence-electron chi connectivity index (χ0n) is 16.3. The van der Waals surface area contributed by atoms with Crippen LogP contribution >= 0.6 is 0 Å². The van der Waals surface area contributed by atoms with Gasteiger partial charge in [0.2, 0.25) is 0 Å². The molecule has 1 rings (SSSR count). The molecule has 0 fully saturated rings. The maximum atomic E-state index is 12.0. The largest absolute Gasteiger partial charge is 0.378 e. The Kier molecular flexibility index (Phi) is 8.41. The molecule has 0 radical (unpaired) electrons. The third-order valence-electron chi connectivity index (χ3n) is 4.09. The number of nitrogens with zero attached hydrogens (tertiary/aromatic N) is 2. The third kappa shape index (κ3) is 7.13. The van der Waals surface area contributed by atoms with E-state index in [0.29, 0.717) is 19.0 Å². The average Bonchev–Trinajstić information content (AvgIpc) is 2.54. The molecule has 140 valence electrons. The van der Waals surface area contributed by atoms with Crippen LogP contribution in [0.4, 0.5) is 5.69 Å². The molecule has 1 aromatic rings. The van der Waals surface area contributed by atoms with E-state index in [0.717, 1.165) is 17.7 Å². The smallest absolute Gasteiger partial charge is 0.309 e. The van der Waals surface area contributed by atoms with Crippen molar-refractivity contribution in [1.82, 2.24) is 15.5 Å². The van der Waals surface area contributed by atoms with Gasteiger partial charge in [-0.25, -0.2) is 0 Å². The van der Waals surface area contributed by atoms with Crippen molar-refractivity contribution in [3.05, 3.63) is 29.8 Å². The number of rotatable bonds is 8. The molecular weight excluding hydrogens is 316 g/mol. The number of likely N-dealkylation sites (N-methyl/N-ethyl adjacent to an activating group) is 1. The molecule has 1 atom stereocenters. The maximum absolute atomic E-state index is 12.0. The van der Waals surface area contributed by atoms with Crippen molar-refractivity contribution in [1.29, 1.82) is 0 Å². The fourth-order valence-corrected chi connectivity index (χ4v) is 2.42. The van der Waals surface area contributed by atoms with Crippen LogP contribution in [0, 0.1) is 5.92 Å². The zero-order valence-corrected chi connectivity index (χ0v) is 16.3. The van der Waals surface area contributed by atoms with E-state index in [9.17, 15) is 9.59 Å². The third-order valence-corrected chi connectivity index (χ3v) is 4.09. The normalized spacial score (nSPS) is 12.2. The number of benzene rings is 1. The Bertz CT molecular complexity index is 553. The van der Waals surface area contributed by atoms with Crippen molar-refractivity contribution in [3.63, 3.8) is 0 Å². The highest BCUT2D eigenvalue weighted by Crippen LogP contribution is 2.20. The molecule has 0 saturated heterocycles. The highest BCUT2D eigenvalue weighted by molar-refractivity contribution is 6.35. The zero-order chi connectivity index (χ0) is 19.0. The SMILES string of the molecule is CC(C)CCNC(=O)C(=O)NCC(c1ccc(N(C)C)cc1)N(C)C. The minimum absolute atomic E-state index is 0.00336. The molecule has 0 aromatic heterocycles. The number of hydrogen-bond donors (Lipinski definition) is 2. The fraction of sp³-hybridized carbons (Fsp3) is 0.579. The lowest BCUT2D eigenvalue weighted by molar-refractivity contribution is -0.139. The summed E-state index contributed by atoms with van der Waals surface area (Å²) in [5.74, 6) is -0.659. The van der Waals surface area contributed by atoms with Crippen molar-refractivity contribution in [2.45, 2.75) is 26.3 Å². The number of nitrogens with one attached hydrogen (secondary N) is 2. The molecule has 2 amide bonds. The van der Waals surface area contributed by atoms with Gasteiger partial charge in [0.05, 0.1) is 6.04 Å². The van der Waals surface area contributed by atoms with Crippen LogP contribution in [-0.4, -0.2) is 58.0 Å². The van der Waals surface area contributed by atoms with E-state index in [1.54, 1.807) is 0 Å². The number of anilines is 1. The quantitative estimate of drug-likeness (QED) is 0.701. The maximum Gasteiger partial charge on any atom is 0.309 e. The minimum Gasteiger partial charge on any atom is -0.378 e. The van der Waals surface area contributed by atoms with E-state index >= 15 is 0 Å². The minimum atomic E-state index is -0.583. The Morgan fingerprint density at radius 1 is 0.960 bits per heavy atom. The highest BCUT2D eigenvalue weighted by atomic mass is 16.2. The Balaban J connectivity index is 2.60. The highest BCUT2D eigenvalue weighted by Gasteiger charge is 2.18. The van der Waals surface area contributed by atoms with E-state index in [2.05, 4.69) is 36.6 Å². The summed E-state index contributed by atoms with van der Waals surface area (Å²) in [6.07, 6.45) is 0.859. The standard InChI is InChI=1S/C19H32N4O2/c1-14(2)11-12-20-18(24)19(25)21-13-17(23(5)6)15-7-9-16(10-8-15)22(3)4/h7-10,14,17H,11-13H2,1-6H3,(H,20,24)(H,21,25). The van der Waals surface area contributed by atoms with Gasteiger partial charge in [0.15, 0.2) is 0 Å². The van der Waals surface area contributed by atoms with Gasteiger partial charge in [-0.05, 0) is 44.1 Å². The van der Waals surface area contributed by atoms with Gasteiger partial charge in [0.1, 0.15) is 0 Å². The molecule has 0 bridgehead atoms. The molecule has 1 aromatic carbocycles. The van der Waals surface area contributed by atoms with Crippen molar-refractivity contribution in [2.75, 3.05) is 46.2 Å². The lowest BCUT2D eigenvalue weighted by Gasteiger charge is -2.25. The molecule has 0 saturated carbocycles. The predicted molar refractivity (Wildman–Crippen MR) is 103 cm³/mol. The van der Waals surface area contributed by atoms with Gasteiger partial charge in [-0.1, -0.05) is 26.0 Å². The molecule has 0 spiro atoms. The van der Waals surface area contributed by atoms with E-state index in [4.69, 9.17) is 0 Å². The second-order valence-corrected chi connectivity index (χ2v) is 7.11. The topological polar surface area (TPSA) is 64.7 Å². The molecule has 6 heteroatoms. The fourth-order valence-electron chi connectivity index (χ4n) is 2.42. The van der Waals surface area contributed by atoms with Gasteiger partial charge < -0.3 is 20.4 Å². The van der Waals surface area contributed by atoms with Gasteiger partial charge >= 0.3 is 11.8 Å². The van der Waals surface area contributed by atoms with Gasteiger partial charge in [-0.2, -0.15) is 0 Å². The van der Waals surface area contributed by atoms with E-state index in [1.807, 2.05) is 50.1 Å². The Morgan fingerprint density at radius 3 is 2.00 bits per heavy atom. The molecule has 0 aliphatic rings. The van der Waals surface area contributed by atoms with E-state index in [1.165, 1.54) is 0 Å². The van der Waals surface area contributed by atoms with Gasteiger partial charge in [0, 0.05) is 32.9 Å². The molecule has 25 heavy (non-hydrogen) atoms. The second-order valence-electron chi connectivity index (χ2n) is 7.11. The lowest BCUT2D eigenvalue weighted by Crippen LogP contribution is -2.43. The summed E-state index contributed by atoms with van der Waals surface area (Å²) in [5.41, 5.74) is 2.21.